The SMILES string of the molecule is CCNC(=NCc1ncc(CC)s1)N1CCN(CC(=O)NC2CC2)CC1.I. The van der Waals surface area contributed by atoms with E-state index in [4.69, 9.17) is 4.99 Å². The first-order valence-electron chi connectivity index (χ1n) is 9.66. The van der Waals surface area contributed by atoms with Gasteiger partial charge in [0.2, 0.25) is 5.91 Å². The molecule has 2 fully saturated rings. The van der Waals surface area contributed by atoms with Crippen LogP contribution in [0, 0.1) is 0 Å². The smallest absolute Gasteiger partial charge is 0.234 e. The molecule has 1 saturated carbocycles. The molecule has 9 heteroatoms. The van der Waals surface area contributed by atoms with Gasteiger partial charge in [0.15, 0.2) is 5.96 Å². The summed E-state index contributed by atoms with van der Waals surface area (Å²) in [4.78, 5) is 27.0. The molecule has 3 rings (SSSR count). The first kappa shape index (κ1) is 22.4. The molecule has 1 aromatic heterocycles. The fraction of sp³-hybridized carbons (Fsp3) is 0.722. The van der Waals surface area contributed by atoms with E-state index in [2.05, 4.69) is 39.3 Å². The number of thiazole rings is 1. The van der Waals surface area contributed by atoms with Gasteiger partial charge >= 0.3 is 0 Å². The molecule has 2 aliphatic rings. The number of carbonyl (C=O) groups excluding carboxylic acids is 1. The predicted molar refractivity (Wildman–Crippen MR) is 121 cm³/mol. The van der Waals surface area contributed by atoms with Gasteiger partial charge in [-0.25, -0.2) is 9.98 Å². The van der Waals surface area contributed by atoms with Crippen molar-refractivity contribution in [2.45, 2.75) is 45.7 Å². The topological polar surface area (TPSA) is 72.9 Å². The average Bonchev–Trinajstić information content (AvgIpc) is 3.33. The summed E-state index contributed by atoms with van der Waals surface area (Å²) in [6, 6.07) is 0.440. The van der Waals surface area contributed by atoms with Crippen LogP contribution in [0.25, 0.3) is 0 Å². The summed E-state index contributed by atoms with van der Waals surface area (Å²) in [5.74, 6) is 1.11. The molecule has 7 nitrogen and oxygen atoms in total. The summed E-state index contributed by atoms with van der Waals surface area (Å²) < 4.78 is 0. The van der Waals surface area contributed by atoms with Crippen molar-refractivity contribution in [3.63, 3.8) is 0 Å². The first-order chi connectivity index (χ1) is 12.7. The van der Waals surface area contributed by atoms with Gasteiger partial charge in [-0.1, -0.05) is 6.92 Å². The van der Waals surface area contributed by atoms with Gasteiger partial charge in [-0.15, -0.1) is 35.3 Å². The highest BCUT2D eigenvalue weighted by atomic mass is 127. The van der Waals surface area contributed by atoms with E-state index in [-0.39, 0.29) is 29.9 Å². The van der Waals surface area contributed by atoms with Crippen molar-refractivity contribution < 1.29 is 4.79 Å². The van der Waals surface area contributed by atoms with Gasteiger partial charge in [0.05, 0.1) is 13.1 Å². The molecular weight excluding hydrogens is 475 g/mol. The molecular formula is C18H31IN6OS. The lowest BCUT2D eigenvalue weighted by Gasteiger charge is -2.36. The number of piperazine rings is 1. The van der Waals surface area contributed by atoms with E-state index in [0.717, 1.165) is 63.0 Å². The standard InChI is InChI=1S/C18H30N6OS.HI/c1-3-15-11-20-17(26-15)12-21-18(19-4-2)24-9-7-23(8-10-24)13-16(25)22-14-5-6-14;/h11,14H,3-10,12-13H2,1-2H3,(H,19,21)(H,22,25);1H. The first-order valence-corrected chi connectivity index (χ1v) is 10.5. The normalized spacial score (nSPS) is 18.1. The molecule has 0 spiro atoms. The monoisotopic (exact) mass is 506 g/mol. The number of aromatic nitrogens is 1. The van der Waals surface area contributed by atoms with Crippen LogP contribution in [0.15, 0.2) is 11.2 Å². The molecule has 0 radical (unpaired) electrons. The Morgan fingerprint density at radius 1 is 1.30 bits per heavy atom. The zero-order valence-corrected chi connectivity index (χ0v) is 19.4. The Kier molecular flexibility index (Phi) is 9.24. The molecule has 1 aromatic rings. The zero-order chi connectivity index (χ0) is 18.4. The molecule has 0 aromatic carbocycles. The van der Waals surface area contributed by atoms with Crippen molar-refractivity contribution in [2.75, 3.05) is 39.3 Å². The van der Waals surface area contributed by atoms with Crippen LogP contribution in [-0.2, 0) is 17.8 Å². The van der Waals surface area contributed by atoms with Gasteiger partial charge in [0.1, 0.15) is 5.01 Å². The van der Waals surface area contributed by atoms with Gasteiger partial charge in [0.25, 0.3) is 0 Å². The number of hydrogen-bond donors (Lipinski definition) is 2. The van der Waals surface area contributed by atoms with Crippen LogP contribution in [0.4, 0.5) is 0 Å². The average molecular weight is 506 g/mol. The number of halogens is 1. The lowest BCUT2D eigenvalue weighted by atomic mass is 10.3. The lowest BCUT2D eigenvalue weighted by Crippen LogP contribution is -2.54. The molecule has 2 N–H and O–H groups in total. The molecule has 1 saturated heterocycles. The Hall–Kier alpha value is -0.940. The molecule has 2 heterocycles. The number of carbonyl (C=O) groups is 1. The summed E-state index contributed by atoms with van der Waals surface area (Å²) in [7, 11) is 0. The van der Waals surface area contributed by atoms with E-state index in [9.17, 15) is 4.79 Å². The minimum Gasteiger partial charge on any atom is -0.357 e. The number of guanidine groups is 1. The van der Waals surface area contributed by atoms with E-state index in [1.807, 2.05) is 6.20 Å². The predicted octanol–water partition coefficient (Wildman–Crippen LogP) is 1.69. The maximum Gasteiger partial charge on any atom is 0.234 e. The fourth-order valence-corrected chi connectivity index (χ4v) is 3.76. The molecule has 0 unspecified atom stereocenters. The zero-order valence-electron chi connectivity index (χ0n) is 16.2. The number of rotatable bonds is 7. The van der Waals surface area contributed by atoms with Crippen molar-refractivity contribution in [3.8, 4) is 0 Å². The third kappa shape index (κ3) is 7.19. The minimum atomic E-state index is 0. The number of hydrogen-bond acceptors (Lipinski definition) is 5. The highest BCUT2D eigenvalue weighted by Crippen LogP contribution is 2.18. The van der Waals surface area contributed by atoms with Crippen LogP contribution in [0.3, 0.4) is 0 Å². The fourth-order valence-electron chi connectivity index (χ4n) is 2.97. The van der Waals surface area contributed by atoms with Crippen LogP contribution in [0.2, 0.25) is 0 Å². The second-order valence-corrected chi connectivity index (χ2v) is 8.05. The molecule has 1 aliphatic heterocycles. The van der Waals surface area contributed by atoms with Crippen molar-refractivity contribution >= 4 is 47.2 Å². The lowest BCUT2D eigenvalue weighted by molar-refractivity contribution is -0.122. The van der Waals surface area contributed by atoms with Gasteiger partial charge < -0.3 is 15.5 Å². The largest absolute Gasteiger partial charge is 0.357 e. The van der Waals surface area contributed by atoms with Crippen LogP contribution >= 0.6 is 35.3 Å². The van der Waals surface area contributed by atoms with Crippen LogP contribution < -0.4 is 10.6 Å². The summed E-state index contributed by atoms with van der Waals surface area (Å²) in [6.45, 7) is 9.77. The molecule has 1 aliphatic carbocycles. The Balaban J connectivity index is 0.00000261. The third-order valence-electron chi connectivity index (χ3n) is 4.63. The van der Waals surface area contributed by atoms with Crippen molar-refractivity contribution in [3.05, 3.63) is 16.1 Å². The molecule has 0 bridgehead atoms. The summed E-state index contributed by atoms with van der Waals surface area (Å²) in [5, 5.41) is 7.52. The minimum absolute atomic E-state index is 0. The third-order valence-corrected chi connectivity index (χ3v) is 5.76. The quantitative estimate of drug-likeness (QED) is 0.335. The maximum atomic E-state index is 12.0. The maximum absolute atomic E-state index is 12.0. The highest BCUT2D eigenvalue weighted by molar-refractivity contribution is 14.0. The van der Waals surface area contributed by atoms with Crippen LogP contribution in [-0.4, -0.2) is 72.0 Å². The van der Waals surface area contributed by atoms with Gasteiger partial charge in [-0.3, -0.25) is 9.69 Å². The van der Waals surface area contributed by atoms with Crippen LogP contribution in [0.1, 0.15) is 36.6 Å². The second-order valence-electron chi connectivity index (χ2n) is 6.85. The molecule has 1 amide bonds. The Morgan fingerprint density at radius 3 is 2.63 bits per heavy atom. The van der Waals surface area contributed by atoms with Gasteiger partial charge in [0, 0.05) is 49.8 Å². The Morgan fingerprint density at radius 2 is 2.04 bits per heavy atom. The summed E-state index contributed by atoms with van der Waals surface area (Å²) in [5.41, 5.74) is 0. The Bertz CT molecular complexity index is 625. The molecule has 0 atom stereocenters. The number of aryl methyl sites for hydroxylation is 1. The molecule has 152 valence electrons. The number of aliphatic imine (C=N–C) groups is 1. The number of nitrogens with zero attached hydrogens (tertiary/aromatic N) is 4. The van der Waals surface area contributed by atoms with E-state index in [0.29, 0.717) is 19.1 Å². The number of amides is 1. The van der Waals surface area contributed by atoms with Crippen molar-refractivity contribution in [1.82, 2.24) is 25.4 Å². The Labute approximate surface area is 183 Å². The van der Waals surface area contributed by atoms with Gasteiger partial charge in [-0.2, -0.15) is 0 Å². The van der Waals surface area contributed by atoms with E-state index >= 15 is 0 Å². The van der Waals surface area contributed by atoms with Gasteiger partial charge in [-0.05, 0) is 26.2 Å². The van der Waals surface area contributed by atoms with Crippen molar-refractivity contribution in [2.24, 2.45) is 4.99 Å². The van der Waals surface area contributed by atoms with E-state index in [1.54, 1.807) is 11.3 Å². The summed E-state index contributed by atoms with van der Waals surface area (Å²) in [6.07, 6.45) is 5.26. The second kappa shape index (κ2) is 11.2. The summed E-state index contributed by atoms with van der Waals surface area (Å²) >= 11 is 1.74. The van der Waals surface area contributed by atoms with Crippen molar-refractivity contribution in [1.29, 1.82) is 0 Å². The number of nitrogens with one attached hydrogen (secondary N) is 2. The highest BCUT2D eigenvalue weighted by Gasteiger charge is 2.25. The van der Waals surface area contributed by atoms with E-state index in [1.165, 1.54) is 4.88 Å². The molecule has 27 heavy (non-hydrogen) atoms. The van der Waals surface area contributed by atoms with E-state index < -0.39 is 0 Å². The van der Waals surface area contributed by atoms with Crippen LogP contribution in [0.5, 0.6) is 0 Å².